The first-order valence-corrected chi connectivity index (χ1v) is 8.49. The largest absolute Gasteiger partial charge is 0.496 e. The lowest BCUT2D eigenvalue weighted by Gasteiger charge is -2.12. The van der Waals surface area contributed by atoms with E-state index < -0.39 is 5.97 Å². The number of para-hydroxylation sites is 1. The molecule has 0 aliphatic carbocycles. The van der Waals surface area contributed by atoms with Gasteiger partial charge in [-0.25, -0.2) is 4.79 Å². The second-order valence-electron chi connectivity index (χ2n) is 5.23. The van der Waals surface area contributed by atoms with Crippen molar-refractivity contribution in [2.45, 2.75) is 0 Å². The Morgan fingerprint density at radius 1 is 0.926 bits per heavy atom. The van der Waals surface area contributed by atoms with Gasteiger partial charge in [0, 0.05) is 17.7 Å². The number of rotatable bonds is 9. The van der Waals surface area contributed by atoms with Crippen molar-refractivity contribution in [3.8, 4) is 23.0 Å². The van der Waals surface area contributed by atoms with Gasteiger partial charge in [0.15, 0.2) is 11.5 Å². The van der Waals surface area contributed by atoms with Crippen molar-refractivity contribution in [2.75, 3.05) is 34.5 Å². The fourth-order valence-electron chi connectivity index (χ4n) is 2.24. The van der Waals surface area contributed by atoms with Crippen LogP contribution in [-0.2, 0) is 9.53 Å². The molecule has 6 nitrogen and oxygen atoms in total. The van der Waals surface area contributed by atoms with E-state index in [4.69, 9.17) is 35.3 Å². The molecule has 0 aromatic heterocycles. The van der Waals surface area contributed by atoms with Crippen molar-refractivity contribution in [1.82, 2.24) is 0 Å². The average Bonchev–Trinajstić information content (AvgIpc) is 2.70. The van der Waals surface area contributed by atoms with Crippen molar-refractivity contribution in [3.05, 3.63) is 53.1 Å². The minimum Gasteiger partial charge on any atom is -0.496 e. The number of methoxy groups -OCH3 is 3. The number of ether oxygens (including phenoxy) is 5. The molecular formula is C20H21ClO6. The van der Waals surface area contributed by atoms with Crippen LogP contribution in [0.2, 0.25) is 5.02 Å². The predicted molar refractivity (Wildman–Crippen MR) is 103 cm³/mol. The lowest BCUT2D eigenvalue weighted by atomic mass is 10.1. The molecule has 2 rings (SSSR count). The third-order valence-electron chi connectivity index (χ3n) is 3.56. The van der Waals surface area contributed by atoms with E-state index in [0.717, 1.165) is 0 Å². The van der Waals surface area contributed by atoms with Gasteiger partial charge in [-0.15, -0.1) is 0 Å². The third kappa shape index (κ3) is 5.82. The van der Waals surface area contributed by atoms with Gasteiger partial charge in [0.25, 0.3) is 0 Å². The smallest absolute Gasteiger partial charge is 0.330 e. The van der Waals surface area contributed by atoms with Crippen molar-refractivity contribution in [2.24, 2.45) is 0 Å². The standard InChI is InChI=1S/C20H21ClO6/c1-23-17-13-19(25-3)18(24-2)12-14(17)8-9-20(22)27-11-10-26-16-7-5-4-6-15(16)21/h4-9,12-13H,10-11H2,1-3H3/b9-8+. The van der Waals surface area contributed by atoms with Crippen molar-refractivity contribution in [1.29, 1.82) is 0 Å². The molecule has 0 heterocycles. The van der Waals surface area contributed by atoms with Crippen LogP contribution in [0.4, 0.5) is 0 Å². The number of benzene rings is 2. The summed E-state index contributed by atoms with van der Waals surface area (Å²) in [6.45, 7) is 0.292. The van der Waals surface area contributed by atoms with Crippen LogP contribution in [0.25, 0.3) is 6.08 Å². The lowest BCUT2D eigenvalue weighted by Crippen LogP contribution is -2.10. The monoisotopic (exact) mass is 392 g/mol. The number of hydrogen-bond donors (Lipinski definition) is 0. The summed E-state index contributed by atoms with van der Waals surface area (Å²) in [7, 11) is 4.60. The second kappa shape index (κ2) is 10.3. The van der Waals surface area contributed by atoms with Crippen LogP contribution in [0.3, 0.4) is 0 Å². The predicted octanol–water partition coefficient (Wildman–Crippen LogP) is 4.00. The van der Waals surface area contributed by atoms with Gasteiger partial charge < -0.3 is 23.7 Å². The molecular weight excluding hydrogens is 372 g/mol. The summed E-state index contributed by atoms with van der Waals surface area (Å²) in [5, 5.41) is 0.504. The molecule has 0 bridgehead atoms. The average molecular weight is 393 g/mol. The van der Waals surface area contributed by atoms with E-state index in [1.54, 1.807) is 30.3 Å². The number of esters is 1. The highest BCUT2D eigenvalue weighted by atomic mass is 35.5. The van der Waals surface area contributed by atoms with Crippen LogP contribution in [0, 0.1) is 0 Å². The van der Waals surface area contributed by atoms with E-state index in [9.17, 15) is 4.79 Å². The maximum Gasteiger partial charge on any atom is 0.330 e. The number of halogens is 1. The molecule has 0 fully saturated rings. The summed E-state index contributed by atoms with van der Waals surface area (Å²) >= 11 is 5.98. The minimum atomic E-state index is -0.505. The maximum absolute atomic E-state index is 11.9. The first kappa shape index (κ1) is 20.5. The molecule has 0 spiro atoms. The summed E-state index contributed by atoms with van der Waals surface area (Å²) in [6.07, 6.45) is 2.89. The normalized spacial score (nSPS) is 10.5. The zero-order valence-corrected chi connectivity index (χ0v) is 16.1. The minimum absolute atomic E-state index is 0.0947. The molecule has 0 saturated heterocycles. The van der Waals surface area contributed by atoms with E-state index in [-0.39, 0.29) is 13.2 Å². The summed E-state index contributed by atoms with van der Waals surface area (Å²) in [6, 6.07) is 10.5. The highest BCUT2D eigenvalue weighted by Gasteiger charge is 2.10. The van der Waals surface area contributed by atoms with Crippen molar-refractivity contribution >= 4 is 23.6 Å². The van der Waals surface area contributed by atoms with Gasteiger partial charge in [0.2, 0.25) is 0 Å². The summed E-state index contributed by atoms with van der Waals surface area (Å²) in [5.41, 5.74) is 0.652. The first-order chi connectivity index (χ1) is 13.1. The van der Waals surface area contributed by atoms with Crippen LogP contribution < -0.4 is 18.9 Å². The number of hydrogen-bond acceptors (Lipinski definition) is 6. The fraction of sp³-hybridized carbons (Fsp3) is 0.250. The third-order valence-corrected chi connectivity index (χ3v) is 3.87. The maximum atomic E-state index is 11.9. The first-order valence-electron chi connectivity index (χ1n) is 8.11. The molecule has 0 radical (unpaired) electrons. The number of carbonyl (C=O) groups excluding carboxylic acids is 1. The molecule has 0 amide bonds. The Morgan fingerprint density at radius 2 is 1.59 bits per heavy atom. The highest BCUT2D eigenvalue weighted by Crippen LogP contribution is 2.35. The molecule has 7 heteroatoms. The van der Waals surface area contributed by atoms with E-state index in [0.29, 0.717) is 33.6 Å². The Morgan fingerprint density at radius 3 is 2.26 bits per heavy atom. The van der Waals surface area contributed by atoms with Gasteiger partial charge in [-0.1, -0.05) is 23.7 Å². The summed E-state index contributed by atoms with van der Waals surface area (Å²) in [5.74, 6) is 1.64. The molecule has 0 N–H and O–H groups in total. The SMILES string of the molecule is COc1cc(OC)c(OC)cc1/C=C/C(=O)OCCOc1ccccc1Cl. The van der Waals surface area contributed by atoms with E-state index in [1.807, 2.05) is 12.1 Å². The van der Waals surface area contributed by atoms with Crippen LogP contribution in [-0.4, -0.2) is 40.5 Å². The van der Waals surface area contributed by atoms with Gasteiger partial charge in [0.1, 0.15) is 24.7 Å². The quantitative estimate of drug-likeness (QED) is 0.365. The Balaban J connectivity index is 1.91. The Hall–Kier alpha value is -2.86. The molecule has 0 saturated carbocycles. The van der Waals surface area contributed by atoms with Crippen LogP contribution in [0.15, 0.2) is 42.5 Å². The van der Waals surface area contributed by atoms with Crippen LogP contribution >= 0.6 is 11.6 Å². The Kier molecular flexibility index (Phi) is 7.82. The molecule has 0 unspecified atom stereocenters. The van der Waals surface area contributed by atoms with Gasteiger partial charge in [-0.3, -0.25) is 0 Å². The van der Waals surface area contributed by atoms with Crippen LogP contribution in [0.5, 0.6) is 23.0 Å². The Labute approximate surface area is 163 Å². The Bertz CT molecular complexity index is 803. The summed E-state index contributed by atoms with van der Waals surface area (Å²) < 4.78 is 26.4. The second-order valence-corrected chi connectivity index (χ2v) is 5.64. The summed E-state index contributed by atoms with van der Waals surface area (Å²) in [4.78, 5) is 11.9. The molecule has 144 valence electrons. The van der Waals surface area contributed by atoms with Gasteiger partial charge in [-0.05, 0) is 24.3 Å². The van der Waals surface area contributed by atoms with Crippen LogP contribution in [0.1, 0.15) is 5.56 Å². The van der Waals surface area contributed by atoms with E-state index >= 15 is 0 Å². The van der Waals surface area contributed by atoms with Gasteiger partial charge in [-0.2, -0.15) is 0 Å². The number of carbonyl (C=O) groups is 1. The molecule has 27 heavy (non-hydrogen) atoms. The van der Waals surface area contributed by atoms with Crippen molar-refractivity contribution < 1.29 is 28.5 Å². The van der Waals surface area contributed by atoms with Crippen molar-refractivity contribution in [3.63, 3.8) is 0 Å². The van der Waals surface area contributed by atoms with E-state index in [1.165, 1.54) is 27.4 Å². The molecule has 0 aliphatic rings. The molecule has 0 atom stereocenters. The fourth-order valence-corrected chi connectivity index (χ4v) is 2.43. The van der Waals surface area contributed by atoms with E-state index in [2.05, 4.69) is 0 Å². The lowest BCUT2D eigenvalue weighted by molar-refractivity contribution is -0.138. The zero-order valence-electron chi connectivity index (χ0n) is 15.4. The topological polar surface area (TPSA) is 63.2 Å². The molecule has 0 aliphatic heterocycles. The molecule has 2 aromatic rings. The molecule has 2 aromatic carbocycles. The van der Waals surface area contributed by atoms with Gasteiger partial charge >= 0.3 is 5.97 Å². The zero-order chi connectivity index (χ0) is 19.6. The highest BCUT2D eigenvalue weighted by molar-refractivity contribution is 6.32. The van der Waals surface area contributed by atoms with Gasteiger partial charge in [0.05, 0.1) is 26.4 Å².